The van der Waals surface area contributed by atoms with Crippen molar-refractivity contribution in [3.8, 4) is 5.75 Å². The number of likely N-dealkylation sites (N-methyl/N-ethyl adjacent to an activating group) is 1. The van der Waals surface area contributed by atoms with Gasteiger partial charge in [-0.1, -0.05) is 30.3 Å². The van der Waals surface area contributed by atoms with Gasteiger partial charge in [-0.15, -0.1) is 0 Å². The monoisotopic (exact) mass is 406 g/mol. The molecule has 30 heavy (non-hydrogen) atoms. The summed E-state index contributed by atoms with van der Waals surface area (Å²) in [5.74, 6) is 0.329. The number of nitrogens with one attached hydrogen (secondary N) is 1. The van der Waals surface area contributed by atoms with Crippen molar-refractivity contribution < 1.29 is 13.9 Å². The van der Waals surface area contributed by atoms with Crippen LogP contribution in [0.1, 0.15) is 34.3 Å². The van der Waals surface area contributed by atoms with Gasteiger partial charge in [0.05, 0.1) is 5.54 Å². The highest BCUT2D eigenvalue weighted by molar-refractivity contribution is 5.97. The number of rotatable bonds is 7. The number of fused-ring (bicyclic) bond motifs is 1. The van der Waals surface area contributed by atoms with Crippen LogP contribution >= 0.6 is 0 Å². The zero-order chi connectivity index (χ0) is 21.3. The SMILES string of the molecule is Cc1ccc(OCCN(C)C)cc1C(=O)NC1(c2cccc3cc(F)ccc23)CC1. The molecule has 0 bridgehead atoms. The Kier molecular flexibility index (Phi) is 5.48. The van der Waals surface area contributed by atoms with Gasteiger partial charge in [0.1, 0.15) is 18.2 Å². The third-order valence-electron chi connectivity index (χ3n) is 5.72. The molecule has 0 unspecified atom stereocenters. The molecule has 0 spiro atoms. The van der Waals surface area contributed by atoms with Gasteiger partial charge in [-0.3, -0.25) is 4.79 Å². The van der Waals surface area contributed by atoms with Gasteiger partial charge in [-0.25, -0.2) is 4.39 Å². The lowest BCUT2D eigenvalue weighted by Crippen LogP contribution is -2.35. The molecular weight excluding hydrogens is 379 g/mol. The van der Waals surface area contributed by atoms with E-state index in [4.69, 9.17) is 4.74 Å². The Balaban J connectivity index is 1.57. The molecule has 0 aromatic heterocycles. The van der Waals surface area contributed by atoms with Crippen LogP contribution in [0, 0.1) is 12.7 Å². The van der Waals surface area contributed by atoms with Crippen LogP contribution in [0.3, 0.4) is 0 Å². The first-order valence-corrected chi connectivity index (χ1v) is 10.3. The highest BCUT2D eigenvalue weighted by atomic mass is 19.1. The minimum absolute atomic E-state index is 0.109. The van der Waals surface area contributed by atoms with Crippen molar-refractivity contribution in [2.45, 2.75) is 25.3 Å². The van der Waals surface area contributed by atoms with E-state index in [1.54, 1.807) is 6.07 Å². The number of amides is 1. The number of carbonyl (C=O) groups excluding carboxylic acids is 1. The lowest BCUT2D eigenvalue weighted by Gasteiger charge is -2.21. The molecule has 0 aliphatic heterocycles. The first-order valence-electron chi connectivity index (χ1n) is 10.3. The third-order valence-corrected chi connectivity index (χ3v) is 5.72. The number of nitrogens with zero attached hydrogens (tertiary/aromatic N) is 1. The zero-order valence-corrected chi connectivity index (χ0v) is 17.7. The first kappa shape index (κ1) is 20.4. The summed E-state index contributed by atoms with van der Waals surface area (Å²) in [7, 11) is 3.99. The molecule has 156 valence electrons. The van der Waals surface area contributed by atoms with Crippen LogP contribution in [0.15, 0.2) is 54.6 Å². The average molecular weight is 407 g/mol. The molecule has 0 heterocycles. The predicted octanol–water partition coefficient (Wildman–Crippen LogP) is 4.65. The van der Waals surface area contributed by atoms with Crippen LogP contribution in [0.2, 0.25) is 0 Å². The van der Waals surface area contributed by atoms with Crippen molar-refractivity contribution in [2.75, 3.05) is 27.2 Å². The highest BCUT2D eigenvalue weighted by Crippen LogP contribution is 2.48. The van der Waals surface area contributed by atoms with Gasteiger partial charge in [0, 0.05) is 12.1 Å². The molecule has 5 heteroatoms. The average Bonchev–Trinajstić information content (AvgIpc) is 3.48. The van der Waals surface area contributed by atoms with Crippen molar-refractivity contribution in [1.29, 1.82) is 0 Å². The molecule has 4 nitrogen and oxygen atoms in total. The van der Waals surface area contributed by atoms with E-state index in [0.29, 0.717) is 17.9 Å². The molecule has 1 amide bonds. The molecule has 3 aromatic rings. The zero-order valence-electron chi connectivity index (χ0n) is 17.7. The lowest BCUT2D eigenvalue weighted by molar-refractivity contribution is 0.0930. The molecule has 0 radical (unpaired) electrons. The van der Waals surface area contributed by atoms with Crippen molar-refractivity contribution in [3.05, 3.63) is 77.1 Å². The summed E-state index contributed by atoms with van der Waals surface area (Å²) in [6, 6.07) is 16.3. The highest BCUT2D eigenvalue weighted by Gasteiger charge is 2.46. The van der Waals surface area contributed by atoms with Crippen LogP contribution in [0.25, 0.3) is 10.8 Å². The topological polar surface area (TPSA) is 41.6 Å². The molecule has 3 aromatic carbocycles. The number of carbonyl (C=O) groups is 1. The quantitative estimate of drug-likeness (QED) is 0.621. The number of hydrogen-bond acceptors (Lipinski definition) is 3. The Morgan fingerprint density at radius 3 is 2.67 bits per heavy atom. The normalized spacial score (nSPS) is 14.7. The molecule has 1 fully saturated rings. The van der Waals surface area contributed by atoms with Gasteiger partial charge in [0.2, 0.25) is 0 Å². The van der Waals surface area contributed by atoms with Gasteiger partial charge < -0.3 is 15.0 Å². The van der Waals surface area contributed by atoms with Crippen LogP contribution < -0.4 is 10.1 Å². The Hall–Kier alpha value is -2.92. The van der Waals surface area contributed by atoms with Crippen molar-refractivity contribution >= 4 is 16.7 Å². The summed E-state index contributed by atoms with van der Waals surface area (Å²) in [6.07, 6.45) is 1.74. The maximum Gasteiger partial charge on any atom is 0.252 e. The number of halogens is 1. The Bertz CT molecular complexity index is 1090. The fourth-order valence-electron chi connectivity index (χ4n) is 3.82. The Morgan fingerprint density at radius 1 is 1.13 bits per heavy atom. The standard InChI is InChI=1S/C25H27FN2O2/c1-17-7-9-20(30-14-13-28(2)3)16-22(17)24(29)27-25(11-12-25)23-6-4-5-18-15-19(26)8-10-21(18)23/h4-10,15-16H,11-14H2,1-3H3,(H,27,29). The molecule has 0 atom stereocenters. The van der Waals surface area contributed by atoms with Crippen molar-refractivity contribution in [2.24, 2.45) is 0 Å². The fourth-order valence-corrected chi connectivity index (χ4v) is 3.82. The molecule has 1 saturated carbocycles. The first-order chi connectivity index (χ1) is 14.4. The number of hydrogen-bond donors (Lipinski definition) is 1. The summed E-state index contributed by atoms with van der Waals surface area (Å²) in [5.41, 5.74) is 2.17. The maximum absolute atomic E-state index is 13.6. The van der Waals surface area contributed by atoms with E-state index < -0.39 is 5.54 Å². The van der Waals surface area contributed by atoms with E-state index >= 15 is 0 Å². The maximum atomic E-state index is 13.6. The second-order valence-electron chi connectivity index (χ2n) is 8.34. The van der Waals surface area contributed by atoms with Crippen molar-refractivity contribution in [1.82, 2.24) is 10.2 Å². The molecule has 4 rings (SSSR count). The van der Waals surface area contributed by atoms with Gasteiger partial charge in [-0.05, 0) is 80.0 Å². The largest absolute Gasteiger partial charge is 0.492 e. The predicted molar refractivity (Wildman–Crippen MR) is 118 cm³/mol. The van der Waals surface area contributed by atoms with Gasteiger partial charge in [0.25, 0.3) is 5.91 Å². The number of benzene rings is 3. The van der Waals surface area contributed by atoms with Gasteiger partial charge in [0.15, 0.2) is 0 Å². The summed E-state index contributed by atoms with van der Waals surface area (Å²) >= 11 is 0. The van der Waals surface area contributed by atoms with Crippen LogP contribution in [0.5, 0.6) is 5.75 Å². The van der Waals surface area contributed by atoms with Gasteiger partial charge in [-0.2, -0.15) is 0 Å². The summed E-state index contributed by atoms with van der Waals surface area (Å²) in [6.45, 7) is 3.30. The summed E-state index contributed by atoms with van der Waals surface area (Å²) in [5, 5.41) is 5.08. The fraction of sp³-hybridized carbons (Fsp3) is 0.320. The molecule has 1 N–H and O–H groups in total. The third kappa shape index (κ3) is 4.17. The van der Waals surface area contributed by atoms with Crippen LogP contribution in [-0.2, 0) is 5.54 Å². The lowest BCUT2D eigenvalue weighted by atomic mass is 9.96. The summed E-state index contributed by atoms with van der Waals surface area (Å²) < 4.78 is 19.4. The van der Waals surface area contributed by atoms with E-state index in [0.717, 1.165) is 41.3 Å². The van der Waals surface area contributed by atoms with E-state index in [9.17, 15) is 9.18 Å². The smallest absolute Gasteiger partial charge is 0.252 e. The molecule has 1 aliphatic rings. The second kappa shape index (κ2) is 8.07. The van der Waals surface area contributed by atoms with E-state index in [2.05, 4.69) is 10.2 Å². The number of aryl methyl sites for hydroxylation is 1. The van der Waals surface area contributed by atoms with E-state index in [1.807, 2.05) is 57.4 Å². The van der Waals surface area contributed by atoms with E-state index in [-0.39, 0.29) is 11.7 Å². The van der Waals surface area contributed by atoms with Crippen LogP contribution in [-0.4, -0.2) is 38.1 Å². The Morgan fingerprint density at radius 2 is 1.93 bits per heavy atom. The minimum atomic E-state index is -0.400. The summed E-state index contributed by atoms with van der Waals surface area (Å²) in [4.78, 5) is 15.2. The minimum Gasteiger partial charge on any atom is -0.492 e. The molecule has 0 saturated heterocycles. The molecule has 1 aliphatic carbocycles. The van der Waals surface area contributed by atoms with E-state index in [1.165, 1.54) is 12.1 Å². The second-order valence-corrected chi connectivity index (χ2v) is 8.34. The van der Waals surface area contributed by atoms with Crippen molar-refractivity contribution in [3.63, 3.8) is 0 Å². The number of ether oxygens (including phenoxy) is 1. The van der Waals surface area contributed by atoms with Crippen LogP contribution in [0.4, 0.5) is 4.39 Å². The molecular formula is C25H27FN2O2. The van der Waals surface area contributed by atoms with Gasteiger partial charge >= 0.3 is 0 Å². The Labute approximate surface area is 176 Å².